The Morgan fingerprint density at radius 3 is 2.58 bits per heavy atom. The molecule has 0 bridgehead atoms. The lowest BCUT2D eigenvalue weighted by molar-refractivity contribution is -0.137. The minimum atomic E-state index is -0.462. The first-order valence-electron chi connectivity index (χ1n) is 10.8. The molecule has 33 heavy (non-hydrogen) atoms. The molecular formula is C25H27N3O5. The second-order valence-electron chi connectivity index (χ2n) is 7.26. The van der Waals surface area contributed by atoms with Crippen LogP contribution in [0, 0.1) is 11.3 Å². The molecule has 1 fully saturated rings. The summed E-state index contributed by atoms with van der Waals surface area (Å²) in [6.45, 7) is 4.59. The van der Waals surface area contributed by atoms with Crippen molar-refractivity contribution in [3.63, 3.8) is 0 Å². The third kappa shape index (κ3) is 7.09. The van der Waals surface area contributed by atoms with Crippen LogP contribution in [0.2, 0.25) is 0 Å². The first-order valence-corrected chi connectivity index (χ1v) is 10.8. The Bertz CT molecular complexity index is 1020. The van der Waals surface area contributed by atoms with E-state index in [0.717, 1.165) is 5.56 Å². The molecule has 0 radical (unpaired) electrons. The molecular weight excluding hydrogens is 422 g/mol. The third-order valence-electron chi connectivity index (χ3n) is 4.95. The number of carbonyl (C=O) groups excluding carboxylic acids is 2. The molecule has 1 saturated heterocycles. The van der Waals surface area contributed by atoms with Crippen molar-refractivity contribution >= 4 is 17.9 Å². The molecule has 0 saturated carbocycles. The first kappa shape index (κ1) is 23.8. The molecule has 8 heteroatoms. The Balaban J connectivity index is 1.67. The fraction of sp³-hybridized carbons (Fsp3) is 0.320. The van der Waals surface area contributed by atoms with Gasteiger partial charge in [0.1, 0.15) is 11.6 Å². The summed E-state index contributed by atoms with van der Waals surface area (Å²) in [4.78, 5) is 26.5. The summed E-state index contributed by atoms with van der Waals surface area (Å²) in [5.41, 5.74) is 1.52. The molecule has 1 heterocycles. The van der Waals surface area contributed by atoms with E-state index in [1.165, 1.54) is 6.08 Å². The van der Waals surface area contributed by atoms with E-state index >= 15 is 0 Å². The molecule has 0 aromatic heterocycles. The van der Waals surface area contributed by atoms with Crippen molar-refractivity contribution in [2.24, 2.45) is 0 Å². The van der Waals surface area contributed by atoms with Crippen molar-refractivity contribution in [1.29, 1.82) is 5.26 Å². The Morgan fingerprint density at radius 2 is 1.88 bits per heavy atom. The lowest BCUT2D eigenvalue weighted by atomic mass is 10.1. The van der Waals surface area contributed by atoms with Crippen LogP contribution in [-0.4, -0.2) is 56.2 Å². The maximum atomic E-state index is 12.4. The number of nitrogens with zero attached hydrogens (tertiary/aromatic N) is 2. The highest BCUT2D eigenvalue weighted by atomic mass is 16.5. The number of ether oxygens (including phenoxy) is 3. The number of nitriles is 1. The van der Waals surface area contributed by atoms with Gasteiger partial charge >= 0.3 is 0 Å². The van der Waals surface area contributed by atoms with Crippen molar-refractivity contribution in [2.45, 2.75) is 13.5 Å². The Hall–Kier alpha value is -3.83. The number of rotatable bonds is 9. The van der Waals surface area contributed by atoms with Gasteiger partial charge in [-0.2, -0.15) is 5.26 Å². The molecule has 0 atom stereocenters. The van der Waals surface area contributed by atoms with Gasteiger partial charge in [-0.25, -0.2) is 0 Å². The molecule has 1 aliphatic heterocycles. The quantitative estimate of drug-likeness (QED) is 0.466. The summed E-state index contributed by atoms with van der Waals surface area (Å²) in [7, 11) is 0. The van der Waals surface area contributed by atoms with E-state index in [-0.39, 0.29) is 18.1 Å². The SMILES string of the molecule is CCOc1cc(/C=C(\C#N)C(=O)NCc2ccccc2)ccc1OCC(=O)N1CCOCC1. The molecule has 1 aliphatic rings. The lowest BCUT2D eigenvalue weighted by Crippen LogP contribution is -2.43. The van der Waals surface area contributed by atoms with Gasteiger partial charge < -0.3 is 24.4 Å². The number of nitrogens with one attached hydrogen (secondary N) is 1. The van der Waals surface area contributed by atoms with Crippen molar-refractivity contribution in [3.05, 3.63) is 65.2 Å². The molecule has 0 spiro atoms. The number of carbonyl (C=O) groups is 2. The summed E-state index contributed by atoms with van der Waals surface area (Å²) in [5.74, 6) is 0.271. The van der Waals surface area contributed by atoms with Gasteiger partial charge in [-0.05, 0) is 36.3 Å². The van der Waals surface area contributed by atoms with Crippen molar-refractivity contribution in [2.75, 3.05) is 39.5 Å². The number of hydrogen-bond acceptors (Lipinski definition) is 6. The summed E-state index contributed by atoms with van der Waals surface area (Å²) in [6, 6.07) is 16.5. The molecule has 0 unspecified atom stereocenters. The number of hydrogen-bond donors (Lipinski definition) is 1. The van der Waals surface area contributed by atoms with Gasteiger partial charge in [0.25, 0.3) is 11.8 Å². The van der Waals surface area contributed by atoms with Gasteiger partial charge in [-0.1, -0.05) is 36.4 Å². The molecule has 8 nitrogen and oxygen atoms in total. The highest BCUT2D eigenvalue weighted by Gasteiger charge is 2.18. The van der Waals surface area contributed by atoms with E-state index in [1.54, 1.807) is 23.1 Å². The molecule has 3 rings (SSSR count). The standard InChI is InChI=1S/C25H27N3O5/c1-2-32-23-15-20(8-9-22(23)33-18-24(29)28-10-12-31-13-11-28)14-21(16-26)25(30)27-17-19-6-4-3-5-7-19/h3-9,14-15H,2,10-13,17-18H2,1H3,(H,27,30)/b21-14+. The van der Waals surface area contributed by atoms with E-state index < -0.39 is 5.91 Å². The average Bonchev–Trinajstić information content (AvgIpc) is 2.86. The monoisotopic (exact) mass is 449 g/mol. The van der Waals surface area contributed by atoms with Gasteiger partial charge in [-0.15, -0.1) is 0 Å². The van der Waals surface area contributed by atoms with Gasteiger partial charge in [0.15, 0.2) is 18.1 Å². The van der Waals surface area contributed by atoms with Gasteiger partial charge in [-0.3, -0.25) is 9.59 Å². The lowest BCUT2D eigenvalue weighted by Gasteiger charge is -2.26. The van der Waals surface area contributed by atoms with Crippen LogP contribution in [0.5, 0.6) is 11.5 Å². The highest BCUT2D eigenvalue weighted by Crippen LogP contribution is 2.29. The topological polar surface area (TPSA) is 101 Å². The fourth-order valence-corrected chi connectivity index (χ4v) is 3.23. The van der Waals surface area contributed by atoms with Crippen molar-refractivity contribution in [3.8, 4) is 17.6 Å². The molecule has 2 aromatic carbocycles. The average molecular weight is 450 g/mol. The van der Waals surface area contributed by atoms with Crippen LogP contribution in [0.25, 0.3) is 6.08 Å². The Kier molecular flexibility index (Phi) is 8.86. The van der Waals surface area contributed by atoms with Crippen LogP contribution in [0.15, 0.2) is 54.1 Å². The zero-order valence-corrected chi connectivity index (χ0v) is 18.6. The first-order chi connectivity index (χ1) is 16.1. The number of morpholine rings is 1. The van der Waals surface area contributed by atoms with Crippen LogP contribution in [0.3, 0.4) is 0 Å². The minimum absolute atomic E-state index is 0.0236. The largest absolute Gasteiger partial charge is 0.490 e. The van der Waals surface area contributed by atoms with Crippen LogP contribution < -0.4 is 14.8 Å². The summed E-state index contributed by atoms with van der Waals surface area (Å²) < 4.78 is 16.6. The number of amides is 2. The van der Waals surface area contributed by atoms with Crippen LogP contribution in [0.1, 0.15) is 18.1 Å². The maximum Gasteiger partial charge on any atom is 0.262 e. The van der Waals surface area contributed by atoms with E-state index in [2.05, 4.69) is 5.32 Å². The smallest absolute Gasteiger partial charge is 0.262 e. The van der Waals surface area contributed by atoms with E-state index in [1.807, 2.05) is 43.3 Å². The summed E-state index contributed by atoms with van der Waals surface area (Å²) >= 11 is 0. The van der Waals surface area contributed by atoms with Crippen LogP contribution in [0.4, 0.5) is 0 Å². The van der Waals surface area contributed by atoms with Gasteiger partial charge in [0, 0.05) is 19.6 Å². The predicted octanol–water partition coefficient (Wildman–Crippen LogP) is 2.55. The zero-order chi connectivity index (χ0) is 23.5. The van der Waals surface area contributed by atoms with Crippen LogP contribution >= 0.6 is 0 Å². The fourth-order valence-electron chi connectivity index (χ4n) is 3.23. The highest BCUT2D eigenvalue weighted by molar-refractivity contribution is 6.01. The molecule has 2 amide bonds. The molecule has 1 N–H and O–H groups in total. The zero-order valence-electron chi connectivity index (χ0n) is 18.6. The van der Waals surface area contributed by atoms with Crippen LogP contribution in [-0.2, 0) is 20.9 Å². The molecule has 172 valence electrons. The second-order valence-corrected chi connectivity index (χ2v) is 7.26. The third-order valence-corrected chi connectivity index (χ3v) is 4.95. The Labute approximate surface area is 193 Å². The summed E-state index contributed by atoms with van der Waals surface area (Å²) in [6.07, 6.45) is 1.49. The normalized spacial score (nSPS) is 13.7. The van der Waals surface area contributed by atoms with Crippen molar-refractivity contribution in [1.82, 2.24) is 10.2 Å². The van der Waals surface area contributed by atoms with Gasteiger partial charge in [0.05, 0.1) is 19.8 Å². The van der Waals surface area contributed by atoms with E-state index in [0.29, 0.717) is 56.5 Å². The van der Waals surface area contributed by atoms with E-state index in [9.17, 15) is 14.9 Å². The molecule has 2 aromatic rings. The second kappa shape index (κ2) is 12.3. The van der Waals surface area contributed by atoms with Gasteiger partial charge in [0.2, 0.25) is 0 Å². The van der Waals surface area contributed by atoms with Crippen molar-refractivity contribution < 1.29 is 23.8 Å². The minimum Gasteiger partial charge on any atom is -0.490 e. The van der Waals surface area contributed by atoms with E-state index in [4.69, 9.17) is 14.2 Å². The maximum absolute atomic E-state index is 12.4. The predicted molar refractivity (Wildman–Crippen MR) is 122 cm³/mol. The molecule has 0 aliphatic carbocycles. The summed E-state index contributed by atoms with van der Waals surface area (Å²) in [5, 5.41) is 12.2. The number of benzene rings is 2. The Morgan fingerprint density at radius 1 is 1.12 bits per heavy atom.